The number of rotatable bonds is 4. The Morgan fingerprint density at radius 2 is 2.05 bits per heavy atom. The van der Waals surface area contributed by atoms with Crippen molar-refractivity contribution in [3.63, 3.8) is 0 Å². The molecular weight excluding hydrogens is 291 g/mol. The summed E-state index contributed by atoms with van der Waals surface area (Å²) < 4.78 is 5.41. The molecule has 2 rings (SSSR count). The lowest BCUT2D eigenvalue weighted by Crippen LogP contribution is -1.99. The molecule has 0 saturated heterocycles. The smallest absolute Gasteiger partial charge is 0.312 e. The quantitative estimate of drug-likeness (QED) is 0.488. The predicted octanol–water partition coefficient (Wildman–Crippen LogP) is 3.88. The van der Waals surface area contributed by atoms with Crippen molar-refractivity contribution in [1.82, 2.24) is 4.98 Å². The first-order valence-corrected chi connectivity index (χ1v) is 5.99. The van der Waals surface area contributed by atoms with Gasteiger partial charge in [-0.1, -0.05) is 23.2 Å². The van der Waals surface area contributed by atoms with E-state index in [9.17, 15) is 10.1 Å². The molecule has 0 aliphatic rings. The average Bonchev–Trinajstić information content (AvgIpc) is 2.37. The van der Waals surface area contributed by atoms with Gasteiger partial charge in [0.05, 0.1) is 4.92 Å². The van der Waals surface area contributed by atoms with Crippen LogP contribution in [0.5, 0.6) is 5.75 Å². The molecular formula is C12H8Cl2N2O3. The SMILES string of the molecule is O=[N+]([O-])c1cc(Cl)ccc1OCc1ccnc(Cl)c1. The molecule has 98 valence electrons. The number of aromatic nitrogens is 1. The summed E-state index contributed by atoms with van der Waals surface area (Å²) in [7, 11) is 0. The van der Waals surface area contributed by atoms with E-state index in [1.165, 1.54) is 24.4 Å². The standard InChI is InChI=1S/C12H8Cl2N2O3/c13-9-1-2-11(10(6-9)16(17)18)19-7-8-3-4-15-12(14)5-8/h1-6H,7H2. The Hall–Kier alpha value is -1.85. The number of nitro groups is 1. The minimum absolute atomic E-state index is 0.155. The maximum Gasteiger partial charge on any atom is 0.312 e. The van der Waals surface area contributed by atoms with E-state index in [1.807, 2.05) is 0 Å². The zero-order chi connectivity index (χ0) is 13.8. The molecule has 0 atom stereocenters. The third kappa shape index (κ3) is 3.56. The Bertz CT molecular complexity index is 620. The van der Waals surface area contributed by atoms with Crippen LogP contribution in [-0.4, -0.2) is 9.91 Å². The molecule has 0 N–H and O–H groups in total. The van der Waals surface area contributed by atoms with Crippen molar-refractivity contribution in [3.05, 3.63) is 62.4 Å². The van der Waals surface area contributed by atoms with Crippen LogP contribution in [0.15, 0.2) is 36.5 Å². The zero-order valence-electron chi connectivity index (χ0n) is 9.55. The molecule has 0 aliphatic heterocycles. The third-order valence-corrected chi connectivity index (χ3v) is 2.74. The molecule has 0 aliphatic carbocycles. The number of benzene rings is 1. The predicted molar refractivity (Wildman–Crippen MR) is 71.7 cm³/mol. The highest BCUT2D eigenvalue weighted by Crippen LogP contribution is 2.30. The molecule has 0 spiro atoms. The van der Waals surface area contributed by atoms with Crippen LogP contribution in [0.3, 0.4) is 0 Å². The Morgan fingerprint density at radius 1 is 1.26 bits per heavy atom. The van der Waals surface area contributed by atoms with E-state index >= 15 is 0 Å². The van der Waals surface area contributed by atoms with Crippen LogP contribution in [0.1, 0.15) is 5.56 Å². The van der Waals surface area contributed by atoms with Crippen LogP contribution >= 0.6 is 23.2 Å². The van der Waals surface area contributed by atoms with Gasteiger partial charge in [0.25, 0.3) is 0 Å². The number of nitro benzene ring substituents is 1. The summed E-state index contributed by atoms with van der Waals surface area (Å²) in [6.45, 7) is 0.157. The van der Waals surface area contributed by atoms with E-state index < -0.39 is 4.92 Å². The third-order valence-electron chi connectivity index (χ3n) is 2.30. The normalized spacial score (nSPS) is 10.2. The van der Waals surface area contributed by atoms with Gasteiger partial charge in [-0.2, -0.15) is 0 Å². The number of pyridine rings is 1. The summed E-state index contributed by atoms with van der Waals surface area (Å²) in [6.07, 6.45) is 1.54. The first kappa shape index (κ1) is 13.6. The highest BCUT2D eigenvalue weighted by atomic mass is 35.5. The molecule has 7 heteroatoms. The van der Waals surface area contributed by atoms with E-state index in [1.54, 1.807) is 12.1 Å². The van der Waals surface area contributed by atoms with Gasteiger partial charge in [0.15, 0.2) is 5.75 Å². The van der Waals surface area contributed by atoms with Crippen molar-refractivity contribution in [2.24, 2.45) is 0 Å². The molecule has 1 aromatic carbocycles. The minimum Gasteiger partial charge on any atom is -0.482 e. The molecule has 1 aromatic heterocycles. The number of nitrogens with zero attached hydrogens (tertiary/aromatic N) is 2. The van der Waals surface area contributed by atoms with Gasteiger partial charge in [-0.25, -0.2) is 4.98 Å². The lowest BCUT2D eigenvalue weighted by atomic mass is 10.3. The van der Waals surface area contributed by atoms with Gasteiger partial charge in [-0.3, -0.25) is 10.1 Å². The minimum atomic E-state index is -0.541. The fourth-order valence-corrected chi connectivity index (χ4v) is 1.81. The average molecular weight is 299 g/mol. The van der Waals surface area contributed by atoms with Gasteiger partial charge in [0.1, 0.15) is 11.8 Å². The Labute approximate surface area is 118 Å². The summed E-state index contributed by atoms with van der Waals surface area (Å²) >= 11 is 11.4. The van der Waals surface area contributed by atoms with E-state index in [2.05, 4.69) is 4.98 Å². The van der Waals surface area contributed by atoms with Crippen molar-refractivity contribution in [3.8, 4) is 5.75 Å². The van der Waals surface area contributed by atoms with Crippen molar-refractivity contribution >= 4 is 28.9 Å². The maximum absolute atomic E-state index is 10.9. The fraction of sp³-hybridized carbons (Fsp3) is 0.0833. The molecule has 0 amide bonds. The summed E-state index contributed by atoms with van der Waals surface area (Å²) in [4.78, 5) is 14.2. The first-order chi connectivity index (χ1) is 9.06. The van der Waals surface area contributed by atoms with E-state index in [0.717, 1.165) is 5.56 Å². The van der Waals surface area contributed by atoms with Gasteiger partial charge in [-0.15, -0.1) is 0 Å². The molecule has 0 saturated carbocycles. The number of hydrogen-bond donors (Lipinski definition) is 0. The van der Waals surface area contributed by atoms with Crippen molar-refractivity contribution in [2.75, 3.05) is 0 Å². The molecule has 0 bridgehead atoms. The van der Waals surface area contributed by atoms with E-state index in [4.69, 9.17) is 27.9 Å². The van der Waals surface area contributed by atoms with Crippen molar-refractivity contribution in [1.29, 1.82) is 0 Å². The molecule has 2 aromatic rings. The largest absolute Gasteiger partial charge is 0.482 e. The van der Waals surface area contributed by atoms with Crippen molar-refractivity contribution < 1.29 is 9.66 Å². The Kier molecular flexibility index (Phi) is 4.19. The number of ether oxygens (including phenoxy) is 1. The summed E-state index contributed by atoms with van der Waals surface area (Å²) in [5.74, 6) is 0.155. The van der Waals surface area contributed by atoms with E-state index in [-0.39, 0.29) is 23.1 Å². The van der Waals surface area contributed by atoms with Gasteiger partial charge in [0.2, 0.25) is 0 Å². The molecule has 0 radical (unpaired) electrons. The lowest BCUT2D eigenvalue weighted by molar-refractivity contribution is -0.385. The second-order valence-electron chi connectivity index (χ2n) is 3.64. The van der Waals surface area contributed by atoms with Crippen LogP contribution < -0.4 is 4.74 Å². The van der Waals surface area contributed by atoms with Crippen LogP contribution in [0.4, 0.5) is 5.69 Å². The van der Waals surface area contributed by atoms with E-state index in [0.29, 0.717) is 5.15 Å². The zero-order valence-corrected chi connectivity index (χ0v) is 11.1. The van der Waals surface area contributed by atoms with Crippen LogP contribution in [0, 0.1) is 10.1 Å². The van der Waals surface area contributed by atoms with Gasteiger partial charge in [-0.05, 0) is 29.8 Å². The highest BCUT2D eigenvalue weighted by molar-refractivity contribution is 6.30. The fourth-order valence-electron chi connectivity index (χ4n) is 1.45. The van der Waals surface area contributed by atoms with Gasteiger partial charge >= 0.3 is 5.69 Å². The monoisotopic (exact) mass is 298 g/mol. The highest BCUT2D eigenvalue weighted by Gasteiger charge is 2.15. The van der Waals surface area contributed by atoms with Crippen LogP contribution in [0.2, 0.25) is 10.2 Å². The molecule has 5 nitrogen and oxygen atoms in total. The molecule has 0 fully saturated rings. The van der Waals surface area contributed by atoms with Crippen LogP contribution in [-0.2, 0) is 6.61 Å². The molecule has 1 heterocycles. The first-order valence-electron chi connectivity index (χ1n) is 5.23. The Morgan fingerprint density at radius 3 is 2.74 bits per heavy atom. The summed E-state index contributed by atoms with van der Waals surface area (Å²) in [6, 6.07) is 7.58. The van der Waals surface area contributed by atoms with Gasteiger partial charge in [0, 0.05) is 17.3 Å². The summed E-state index contributed by atoms with van der Waals surface area (Å²) in [5.41, 5.74) is 0.594. The van der Waals surface area contributed by atoms with Crippen LogP contribution in [0.25, 0.3) is 0 Å². The maximum atomic E-state index is 10.9. The second kappa shape index (κ2) is 5.86. The Balaban J connectivity index is 2.17. The molecule has 19 heavy (non-hydrogen) atoms. The van der Waals surface area contributed by atoms with Gasteiger partial charge < -0.3 is 4.74 Å². The second-order valence-corrected chi connectivity index (χ2v) is 4.47. The number of halogens is 2. The lowest BCUT2D eigenvalue weighted by Gasteiger charge is -2.07. The molecule has 0 unspecified atom stereocenters. The number of hydrogen-bond acceptors (Lipinski definition) is 4. The van der Waals surface area contributed by atoms with Crippen molar-refractivity contribution in [2.45, 2.75) is 6.61 Å². The topological polar surface area (TPSA) is 65.3 Å². The summed E-state index contributed by atoms with van der Waals surface area (Å²) in [5, 5.41) is 11.5.